The van der Waals surface area contributed by atoms with Gasteiger partial charge < -0.3 is 35.9 Å². The van der Waals surface area contributed by atoms with Crippen LogP contribution in [0.3, 0.4) is 0 Å². The Morgan fingerprint density at radius 1 is 0.889 bits per heavy atom. The highest BCUT2D eigenvalue weighted by molar-refractivity contribution is 5.95. The first-order valence-corrected chi connectivity index (χ1v) is 16.4. The fraction of sp³-hybridized carbons (Fsp3) is 0.697. The van der Waals surface area contributed by atoms with Gasteiger partial charge in [0, 0.05) is 30.4 Å². The number of benzene rings is 1. The second kappa shape index (κ2) is 21.5. The lowest BCUT2D eigenvalue weighted by atomic mass is 10.0. The van der Waals surface area contributed by atoms with Gasteiger partial charge in [0.2, 0.25) is 11.8 Å². The minimum Gasteiger partial charge on any atom is -0.444 e. The van der Waals surface area contributed by atoms with Gasteiger partial charge in [-0.3, -0.25) is 19.7 Å². The summed E-state index contributed by atoms with van der Waals surface area (Å²) in [6.07, 6.45) is 10.0. The van der Waals surface area contributed by atoms with E-state index in [-0.39, 0.29) is 37.0 Å². The van der Waals surface area contributed by atoms with Crippen LogP contribution in [0.25, 0.3) is 0 Å². The number of nitrogens with one attached hydrogen (secondary N) is 4. The quantitative estimate of drug-likeness (QED) is 0.160. The van der Waals surface area contributed by atoms with Crippen molar-refractivity contribution >= 4 is 29.5 Å². The average molecular weight is 634 g/mol. The van der Waals surface area contributed by atoms with Crippen molar-refractivity contribution in [1.29, 1.82) is 0 Å². The predicted molar refractivity (Wildman–Crippen MR) is 174 cm³/mol. The minimum atomic E-state index is -0.692. The zero-order valence-corrected chi connectivity index (χ0v) is 27.4. The number of anilines is 1. The van der Waals surface area contributed by atoms with Crippen molar-refractivity contribution in [1.82, 2.24) is 16.0 Å². The zero-order valence-electron chi connectivity index (χ0n) is 27.4. The van der Waals surface area contributed by atoms with Gasteiger partial charge in [0.25, 0.3) is 5.91 Å². The molecule has 1 aliphatic rings. The topological polar surface area (TPSA) is 170 Å². The summed E-state index contributed by atoms with van der Waals surface area (Å²) in [7, 11) is 0. The summed E-state index contributed by atoms with van der Waals surface area (Å²) in [5.74, 6) is -0.779. The lowest BCUT2D eigenvalue weighted by Crippen LogP contribution is -2.50. The van der Waals surface area contributed by atoms with Crippen LogP contribution in [0.15, 0.2) is 24.3 Å². The van der Waals surface area contributed by atoms with Gasteiger partial charge in [-0.15, -0.1) is 0 Å². The normalized spacial score (nSPS) is 15.1. The van der Waals surface area contributed by atoms with Gasteiger partial charge in [-0.05, 0) is 77.1 Å². The van der Waals surface area contributed by atoms with E-state index in [1.54, 1.807) is 45.0 Å². The second-order valence-electron chi connectivity index (χ2n) is 12.4. The summed E-state index contributed by atoms with van der Waals surface area (Å²) in [6, 6.07) is 5.95. The number of unbranched alkanes of at least 4 members (excludes halogenated alkanes) is 1. The molecule has 0 radical (unpaired) electrons. The van der Waals surface area contributed by atoms with E-state index in [0.29, 0.717) is 56.8 Å². The van der Waals surface area contributed by atoms with Crippen LogP contribution in [-0.4, -0.2) is 81.0 Å². The number of nitrogens with two attached hydrogens (primary N) is 1. The van der Waals surface area contributed by atoms with Crippen molar-refractivity contribution in [2.45, 2.75) is 109 Å². The van der Waals surface area contributed by atoms with E-state index in [1.165, 1.54) is 25.7 Å². The van der Waals surface area contributed by atoms with Crippen LogP contribution in [0, 0.1) is 0 Å². The molecule has 1 fully saturated rings. The third kappa shape index (κ3) is 17.8. The fourth-order valence-corrected chi connectivity index (χ4v) is 4.96. The molecule has 1 aromatic rings. The van der Waals surface area contributed by atoms with Gasteiger partial charge >= 0.3 is 6.09 Å². The Morgan fingerprint density at radius 2 is 1.53 bits per heavy atom. The molecule has 2 rings (SSSR count). The molecule has 0 aliphatic heterocycles. The number of carbonyl (C=O) groups excluding carboxylic acids is 4. The molecule has 1 aromatic carbocycles. The SMILES string of the molecule is CC(C)(C)OC(=O)Nc1ccc(C(=O)NCCCC[C@H](NC(=O)COCCOCCN)C(=O)NC2CCCCCCCC2)cc1. The van der Waals surface area contributed by atoms with Gasteiger partial charge in [0.1, 0.15) is 18.2 Å². The zero-order chi connectivity index (χ0) is 32.9. The molecule has 0 unspecified atom stereocenters. The molecule has 6 N–H and O–H groups in total. The predicted octanol–water partition coefficient (Wildman–Crippen LogP) is 4.03. The van der Waals surface area contributed by atoms with Gasteiger partial charge in [-0.1, -0.05) is 38.5 Å². The van der Waals surface area contributed by atoms with Crippen LogP contribution in [0.5, 0.6) is 0 Å². The van der Waals surface area contributed by atoms with Crippen molar-refractivity contribution in [3.8, 4) is 0 Å². The maximum Gasteiger partial charge on any atom is 0.412 e. The average Bonchev–Trinajstić information content (AvgIpc) is 3.11. The molecule has 12 nitrogen and oxygen atoms in total. The minimum absolute atomic E-state index is 0.107. The molecule has 0 heterocycles. The Labute approximate surface area is 268 Å². The van der Waals surface area contributed by atoms with E-state index in [0.717, 1.165) is 25.7 Å². The summed E-state index contributed by atoms with van der Waals surface area (Å²) in [4.78, 5) is 50.5. The van der Waals surface area contributed by atoms with Crippen molar-refractivity contribution < 1.29 is 33.4 Å². The summed E-state index contributed by atoms with van der Waals surface area (Å²) >= 11 is 0. The summed E-state index contributed by atoms with van der Waals surface area (Å²) in [5, 5.41) is 11.6. The largest absolute Gasteiger partial charge is 0.444 e. The Hall–Kier alpha value is -3.22. The Bertz CT molecular complexity index is 1020. The first-order valence-electron chi connectivity index (χ1n) is 16.4. The van der Waals surface area contributed by atoms with Gasteiger partial charge in [0.05, 0.1) is 19.8 Å². The van der Waals surface area contributed by atoms with E-state index >= 15 is 0 Å². The summed E-state index contributed by atoms with van der Waals surface area (Å²) in [6.45, 7) is 7.04. The standard InChI is InChI=1S/C33H55N5O7/c1-33(2,3)45-32(42)37-27-17-15-25(16-18-27)30(40)35-20-11-10-14-28(38-29(39)24-44-23-22-43-21-19-34)31(41)36-26-12-8-6-4-5-7-9-13-26/h15-18,26,28H,4-14,19-24,34H2,1-3H3,(H,35,40)(H,36,41)(H,37,42)(H,38,39)/t28-/m0/s1. The van der Waals surface area contributed by atoms with Crippen LogP contribution in [0.4, 0.5) is 10.5 Å². The molecule has 0 aromatic heterocycles. The molecule has 1 saturated carbocycles. The fourth-order valence-electron chi connectivity index (χ4n) is 4.96. The first-order chi connectivity index (χ1) is 21.6. The molecular weight excluding hydrogens is 578 g/mol. The highest BCUT2D eigenvalue weighted by Gasteiger charge is 2.23. The number of carbonyl (C=O) groups is 4. The van der Waals surface area contributed by atoms with E-state index < -0.39 is 17.7 Å². The van der Waals surface area contributed by atoms with Crippen LogP contribution in [0.2, 0.25) is 0 Å². The van der Waals surface area contributed by atoms with Gasteiger partial charge in [-0.2, -0.15) is 0 Å². The van der Waals surface area contributed by atoms with Crippen LogP contribution in [-0.2, 0) is 23.8 Å². The lowest BCUT2D eigenvalue weighted by Gasteiger charge is -2.23. The Morgan fingerprint density at radius 3 is 2.18 bits per heavy atom. The molecule has 0 saturated heterocycles. The number of hydrogen-bond donors (Lipinski definition) is 5. The molecule has 254 valence electrons. The van der Waals surface area contributed by atoms with Gasteiger partial charge in [-0.25, -0.2) is 4.79 Å². The number of amides is 4. The second-order valence-corrected chi connectivity index (χ2v) is 12.4. The summed E-state index contributed by atoms with van der Waals surface area (Å²) < 4.78 is 15.9. The highest BCUT2D eigenvalue weighted by Crippen LogP contribution is 2.18. The molecule has 1 aliphatic carbocycles. The van der Waals surface area contributed by atoms with Crippen LogP contribution >= 0.6 is 0 Å². The first kappa shape index (κ1) is 38.0. The third-order valence-corrected chi connectivity index (χ3v) is 7.22. The molecule has 0 bridgehead atoms. The van der Waals surface area contributed by atoms with Crippen molar-refractivity contribution in [3.05, 3.63) is 29.8 Å². The highest BCUT2D eigenvalue weighted by atomic mass is 16.6. The molecule has 0 spiro atoms. The molecule has 45 heavy (non-hydrogen) atoms. The van der Waals surface area contributed by atoms with Crippen LogP contribution < -0.4 is 27.0 Å². The Kier molecular flexibility index (Phi) is 18.1. The number of hydrogen-bond acceptors (Lipinski definition) is 8. The maximum absolute atomic E-state index is 13.3. The van der Waals surface area contributed by atoms with Gasteiger partial charge in [0.15, 0.2) is 0 Å². The summed E-state index contributed by atoms with van der Waals surface area (Å²) in [5.41, 5.74) is 5.76. The van der Waals surface area contributed by atoms with Crippen molar-refractivity contribution in [3.63, 3.8) is 0 Å². The van der Waals surface area contributed by atoms with E-state index in [2.05, 4.69) is 21.3 Å². The molecule has 4 amide bonds. The van der Waals surface area contributed by atoms with E-state index in [1.807, 2.05) is 0 Å². The number of rotatable bonds is 17. The maximum atomic E-state index is 13.3. The Balaban J connectivity index is 1.82. The molecule has 1 atom stereocenters. The monoisotopic (exact) mass is 633 g/mol. The third-order valence-electron chi connectivity index (χ3n) is 7.22. The van der Waals surface area contributed by atoms with Crippen LogP contribution in [0.1, 0.15) is 102 Å². The van der Waals surface area contributed by atoms with E-state index in [9.17, 15) is 19.2 Å². The number of ether oxygens (including phenoxy) is 3. The lowest BCUT2D eigenvalue weighted by molar-refractivity contribution is -0.132. The smallest absolute Gasteiger partial charge is 0.412 e. The van der Waals surface area contributed by atoms with Crippen molar-refractivity contribution in [2.24, 2.45) is 5.73 Å². The molecular formula is C33H55N5O7. The van der Waals surface area contributed by atoms with Crippen molar-refractivity contribution in [2.75, 3.05) is 44.8 Å². The van der Waals surface area contributed by atoms with E-state index in [4.69, 9.17) is 19.9 Å². The molecule has 12 heteroatoms.